The fraction of sp³-hybridized carbons (Fsp3) is 0.632. The number of carbonyl (C=O) groups is 1. The molecule has 0 saturated carbocycles. The number of carboxylic acid groups (broad SMARTS) is 1. The van der Waals surface area contributed by atoms with Crippen LogP contribution in [0.25, 0.3) is 0 Å². The topological polar surface area (TPSA) is 58.6 Å². The van der Waals surface area contributed by atoms with Crippen molar-refractivity contribution >= 4 is 17.6 Å². The van der Waals surface area contributed by atoms with E-state index in [2.05, 4.69) is 18.3 Å². The summed E-state index contributed by atoms with van der Waals surface area (Å²) in [5, 5.41) is 12.5. The minimum atomic E-state index is -0.832. The van der Waals surface area contributed by atoms with Crippen LogP contribution in [0.3, 0.4) is 0 Å². The van der Waals surface area contributed by atoms with E-state index in [4.69, 9.17) is 21.4 Å². The molecule has 0 aliphatic carbocycles. The number of nitrogens with one attached hydrogen (secondary N) is 1. The Morgan fingerprint density at radius 2 is 2.04 bits per heavy atom. The van der Waals surface area contributed by atoms with Crippen LogP contribution >= 0.6 is 11.6 Å². The van der Waals surface area contributed by atoms with E-state index in [1.165, 1.54) is 44.1 Å². The van der Waals surface area contributed by atoms with E-state index >= 15 is 0 Å². The average molecular weight is 354 g/mol. The van der Waals surface area contributed by atoms with Crippen LogP contribution in [-0.2, 0) is 11.2 Å². The molecule has 0 amide bonds. The SMILES string of the molecule is CCCCCCCCc1ccc(O[C@@H]2CN[C@H](C(=O)O)C2)c(Cl)c1. The Balaban J connectivity index is 1.76. The van der Waals surface area contributed by atoms with E-state index in [1.807, 2.05) is 12.1 Å². The molecule has 1 aromatic carbocycles. The molecule has 1 aliphatic rings. The van der Waals surface area contributed by atoms with E-state index in [0.29, 0.717) is 23.7 Å². The molecule has 1 saturated heterocycles. The number of ether oxygens (including phenoxy) is 1. The Morgan fingerprint density at radius 3 is 2.71 bits per heavy atom. The predicted molar refractivity (Wildman–Crippen MR) is 97.0 cm³/mol. The highest BCUT2D eigenvalue weighted by Gasteiger charge is 2.30. The Kier molecular flexibility index (Phi) is 7.86. The molecule has 0 spiro atoms. The number of aliphatic carboxylic acids is 1. The second kappa shape index (κ2) is 9.90. The highest BCUT2D eigenvalue weighted by Crippen LogP contribution is 2.28. The Labute approximate surface area is 149 Å². The molecule has 2 rings (SSSR count). The van der Waals surface area contributed by atoms with Crippen molar-refractivity contribution in [2.45, 2.75) is 70.4 Å². The first kappa shape index (κ1) is 19.1. The van der Waals surface area contributed by atoms with Gasteiger partial charge in [0.15, 0.2) is 0 Å². The normalized spacial score (nSPS) is 20.2. The molecule has 0 unspecified atom stereocenters. The van der Waals surface area contributed by atoms with Crippen LogP contribution in [-0.4, -0.2) is 29.8 Å². The third-order valence-electron chi connectivity index (χ3n) is 4.50. The van der Waals surface area contributed by atoms with Gasteiger partial charge in [-0.2, -0.15) is 0 Å². The van der Waals surface area contributed by atoms with Crippen LogP contribution in [0.5, 0.6) is 5.75 Å². The molecule has 0 aromatic heterocycles. The first-order valence-corrected chi connectivity index (χ1v) is 9.39. The van der Waals surface area contributed by atoms with Crippen molar-refractivity contribution in [3.8, 4) is 5.75 Å². The lowest BCUT2D eigenvalue weighted by molar-refractivity contribution is -0.139. The van der Waals surface area contributed by atoms with E-state index < -0.39 is 12.0 Å². The summed E-state index contributed by atoms with van der Waals surface area (Å²) < 4.78 is 5.85. The largest absolute Gasteiger partial charge is 0.487 e. The zero-order valence-corrected chi connectivity index (χ0v) is 15.1. The first-order valence-electron chi connectivity index (χ1n) is 9.01. The summed E-state index contributed by atoms with van der Waals surface area (Å²) in [6, 6.07) is 5.41. The number of halogens is 1. The predicted octanol–water partition coefficient (Wildman–Crippen LogP) is 4.44. The van der Waals surface area contributed by atoms with E-state index in [9.17, 15) is 4.79 Å². The van der Waals surface area contributed by atoms with Crippen molar-refractivity contribution in [3.63, 3.8) is 0 Å². The van der Waals surface area contributed by atoms with Crippen molar-refractivity contribution in [2.24, 2.45) is 0 Å². The summed E-state index contributed by atoms with van der Waals surface area (Å²) >= 11 is 6.33. The van der Waals surface area contributed by atoms with Crippen molar-refractivity contribution in [3.05, 3.63) is 28.8 Å². The van der Waals surface area contributed by atoms with Gasteiger partial charge >= 0.3 is 5.97 Å². The molecule has 5 heteroatoms. The highest BCUT2D eigenvalue weighted by atomic mass is 35.5. The monoisotopic (exact) mass is 353 g/mol. The third-order valence-corrected chi connectivity index (χ3v) is 4.79. The first-order chi connectivity index (χ1) is 11.6. The number of benzene rings is 1. The average Bonchev–Trinajstić information content (AvgIpc) is 3.02. The lowest BCUT2D eigenvalue weighted by Gasteiger charge is -2.14. The Hall–Kier alpha value is -1.26. The van der Waals surface area contributed by atoms with Gasteiger partial charge in [-0.15, -0.1) is 0 Å². The maximum absolute atomic E-state index is 11.0. The van der Waals surface area contributed by atoms with Crippen molar-refractivity contribution in [1.29, 1.82) is 0 Å². The highest BCUT2D eigenvalue weighted by molar-refractivity contribution is 6.32. The van der Waals surface area contributed by atoms with Gasteiger partial charge in [-0.1, -0.05) is 56.7 Å². The van der Waals surface area contributed by atoms with Gasteiger partial charge in [0.05, 0.1) is 5.02 Å². The van der Waals surface area contributed by atoms with Gasteiger partial charge in [-0.05, 0) is 30.5 Å². The van der Waals surface area contributed by atoms with Crippen molar-refractivity contribution < 1.29 is 14.6 Å². The molecule has 1 aliphatic heterocycles. The quantitative estimate of drug-likeness (QED) is 0.610. The zero-order valence-electron chi connectivity index (χ0n) is 14.4. The van der Waals surface area contributed by atoms with Crippen LogP contribution < -0.4 is 10.1 Å². The van der Waals surface area contributed by atoms with Crippen molar-refractivity contribution in [1.82, 2.24) is 5.32 Å². The fourth-order valence-corrected chi connectivity index (χ4v) is 3.31. The van der Waals surface area contributed by atoms with Gasteiger partial charge in [-0.3, -0.25) is 4.79 Å². The summed E-state index contributed by atoms with van der Waals surface area (Å²) in [5.41, 5.74) is 1.23. The molecule has 2 atom stereocenters. The Morgan fingerprint density at radius 1 is 1.29 bits per heavy atom. The van der Waals surface area contributed by atoms with Crippen molar-refractivity contribution in [2.75, 3.05) is 6.54 Å². The molecule has 0 radical (unpaired) electrons. The number of aryl methyl sites for hydroxylation is 1. The smallest absolute Gasteiger partial charge is 0.320 e. The lowest BCUT2D eigenvalue weighted by Crippen LogP contribution is -2.30. The minimum absolute atomic E-state index is 0.145. The van der Waals surface area contributed by atoms with Crippen LogP contribution in [0, 0.1) is 0 Å². The zero-order chi connectivity index (χ0) is 17.4. The Bertz CT molecular complexity index is 535. The molecule has 134 valence electrons. The third kappa shape index (κ3) is 5.99. The van der Waals surface area contributed by atoms with Gasteiger partial charge in [0.25, 0.3) is 0 Å². The van der Waals surface area contributed by atoms with Crippen LogP contribution in [0.15, 0.2) is 18.2 Å². The molecule has 1 fully saturated rings. The summed E-state index contributed by atoms with van der Waals surface area (Å²) in [4.78, 5) is 11.0. The number of hydrogen-bond acceptors (Lipinski definition) is 3. The number of rotatable bonds is 10. The maximum atomic E-state index is 11.0. The molecule has 24 heavy (non-hydrogen) atoms. The maximum Gasteiger partial charge on any atom is 0.320 e. The summed E-state index contributed by atoms with van der Waals surface area (Å²) in [5.74, 6) is -0.192. The summed E-state index contributed by atoms with van der Waals surface area (Å²) in [6.07, 6.45) is 9.06. The lowest BCUT2D eigenvalue weighted by atomic mass is 10.0. The van der Waals surface area contributed by atoms with Crippen LogP contribution in [0.2, 0.25) is 5.02 Å². The second-order valence-corrected chi connectivity index (χ2v) is 6.96. The van der Waals surface area contributed by atoms with Gasteiger partial charge in [-0.25, -0.2) is 0 Å². The fourth-order valence-electron chi connectivity index (χ4n) is 3.07. The molecular formula is C19H28ClNO3. The minimum Gasteiger partial charge on any atom is -0.487 e. The molecular weight excluding hydrogens is 326 g/mol. The van der Waals surface area contributed by atoms with Gasteiger partial charge in [0, 0.05) is 13.0 Å². The molecule has 1 aromatic rings. The van der Waals surface area contributed by atoms with Crippen LogP contribution in [0.1, 0.15) is 57.4 Å². The number of hydrogen-bond donors (Lipinski definition) is 2. The second-order valence-electron chi connectivity index (χ2n) is 6.56. The van der Waals surface area contributed by atoms with E-state index in [1.54, 1.807) is 0 Å². The molecule has 1 heterocycles. The molecule has 0 bridgehead atoms. The summed E-state index contributed by atoms with van der Waals surface area (Å²) in [7, 11) is 0. The number of unbranched alkanes of at least 4 members (excludes halogenated alkanes) is 5. The van der Waals surface area contributed by atoms with Crippen LogP contribution in [0.4, 0.5) is 0 Å². The van der Waals surface area contributed by atoms with Gasteiger partial charge in [0.2, 0.25) is 0 Å². The molecule has 2 N–H and O–H groups in total. The van der Waals surface area contributed by atoms with Gasteiger partial charge in [0.1, 0.15) is 17.9 Å². The van der Waals surface area contributed by atoms with E-state index in [0.717, 1.165) is 6.42 Å². The standard InChI is InChI=1S/C19H28ClNO3/c1-2-3-4-5-6-7-8-14-9-10-18(16(20)11-14)24-15-12-17(19(22)23)21-13-15/h9-11,15,17,21H,2-8,12-13H2,1H3,(H,22,23)/t15-,17-/m0/s1. The summed E-state index contributed by atoms with van der Waals surface area (Å²) in [6.45, 7) is 2.77. The number of carboxylic acids is 1. The van der Waals surface area contributed by atoms with E-state index in [-0.39, 0.29) is 6.10 Å². The molecule has 4 nitrogen and oxygen atoms in total. The van der Waals surface area contributed by atoms with Gasteiger partial charge < -0.3 is 15.2 Å².